The van der Waals surface area contributed by atoms with Gasteiger partial charge < -0.3 is 9.64 Å². The van der Waals surface area contributed by atoms with Crippen LogP contribution < -0.4 is 0 Å². The minimum atomic E-state index is -0.227. The maximum Gasteiger partial charge on any atom is 0.310 e. The number of benzene rings is 1. The predicted molar refractivity (Wildman–Crippen MR) is 108 cm³/mol. The average Bonchev–Trinajstić information content (AvgIpc) is 3.00. The van der Waals surface area contributed by atoms with Gasteiger partial charge in [0.25, 0.3) is 0 Å². The molecule has 1 aliphatic rings. The third kappa shape index (κ3) is 4.32. The lowest BCUT2D eigenvalue weighted by Crippen LogP contribution is -2.42. The highest BCUT2D eigenvalue weighted by atomic mass is 16.5. The van der Waals surface area contributed by atoms with Gasteiger partial charge in [-0.2, -0.15) is 5.10 Å². The van der Waals surface area contributed by atoms with Gasteiger partial charge in [-0.15, -0.1) is 0 Å². The first-order chi connectivity index (χ1) is 13.5. The molecule has 1 atom stereocenters. The molecule has 2 aromatic rings. The van der Waals surface area contributed by atoms with Crippen LogP contribution in [0.15, 0.2) is 36.4 Å². The third-order valence-electron chi connectivity index (χ3n) is 5.09. The topological polar surface area (TPSA) is 64.4 Å². The van der Waals surface area contributed by atoms with Gasteiger partial charge in [0.15, 0.2) is 0 Å². The van der Waals surface area contributed by atoms with Crippen molar-refractivity contribution >= 4 is 18.0 Å². The number of aromatic nitrogens is 2. The van der Waals surface area contributed by atoms with Crippen LogP contribution in [0.25, 0.3) is 11.8 Å². The number of carbonyl (C=O) groups excluding carboxylic acids is 2. The Morgan fingerprint density at radius 2 is 2.00 bits per heavy atom. The maximum atomic E-state index is 12.7. The molecule has 1 unspecified atom stereocenters. The Bertz CT molecular complexity index is 871. The maximum absolute atomic E-state index is 12.7. The summed E-state index contributed by atoms with van der Waals surface area (Å²) in [5, 5.41) is 4.61. The molecule has 6 heteroatoms. The minimum Gasteiger partial charge on any atom is -0.466 e. The molecule has 28 heavy (non-hydrogen) atoms. The van der Waals surface area contributed by atoms with Crippen LogP contribution in [-0.2, 0) is 14.3 Å². The Morgan fingerprint density at radius 1 is 1.25 bits per heavy atom. The number of amides is 1. The van der Waals surface area contributed by atoms with Gasteiger partial charge in [0.05, 0.1) is 23.9 Å². The van der Waals surface area contributed by atoms with Crippen LogP contribution >= 0.6 is 0 Å². The van der Waals surface area contributed by atoms with Crippen molar-refractivity contribution in [3.8, 4) is 5.69 Å². The van der Waals surface area contributed by atoms with Gasteiger partial charge in [-0.25, -0.2) is 4.68 Å². The number of nitrogens with zero attached hydrogens (tertiary/aromatic N) is 3. The van der Waals surface area contributed by atoms with E-state index in [1.54, 1.807) is 17.9 Å². The van der Waals surface area contributed by atoms with E-state index < -0.39 is 0 Å². The molecular weight excluding hydrogens is 354 g/mol. The molecule has 6 nitrogen and oxygen atoms in total. The summed E-state index contributed by atoms with van der Waals surface area (Å²) in [5.74, 6) is -0.518. The van der Waals surface area contributed by atoms with Gasteiger partial charge in [-0.05, 0) is 51.8 Å². The molecule has 0 aliphatic carbocycles. The summed E-state index contributed by atoms with van der Waals surface area (Å²) in [6.07, 6.45) is 4.99. The third-order valence-corrected chi connectivity index (χ3v) is 5.09. The SMILES string of the molecule is CCOC(=O)C1CCCN(C(=O)/C=C/c2c(C)nn(-c3ccccc3)c2C)C1. The smallest absolute Gasteiger partial charge is 0.310 e. The summed E-state index contributed by atoms with van der Waals surface area (Å²) in [5.41, 5.74) is 3.78. The molecular formula is C22H27N3O3. The minimum absolute atomic E-state index is 0.0831. The van der Waals surface area contributed by atoms with Crippen LogP contribution in [0.2, 0.25) is 0 Å². The fourth-order valence-corrected chi connectivity index (χ4v) is 3.61. The number of likely N-dealkylation sites (tertiary alicyclic amines) is 1. The molecule has 0 bridgehead atoms. The summed E-state index contributed by atoms with van der Waals surface area (Å²) in [4.78, 5) is 26.4. The molecule has 0 N–H and O–H groups in total. The average molecular weight is 381 g/mol. The molecule has 0 saturated carbocycles. The van der Waals surface area contributed by atoms with Crippen LogP contribution in [-0.4, -0.2) is 46.3 Å². The van der Waals surface area contributed by atoms with E-state index in [4.69, 9.17) is 4.74 Å². The van der Waals surface area contributed by atoms with E-state index in [2.05, 4.69) is 5.10 Å². The first-order valence-electron chi connectivity index (χ1n) is 9.76. The van der Waals surface area contributed by atoms with Gasteiger partial charge in [-0.3, -0.25) is 9.59 Å². The van der Waals surface area contributed by atoms with Gasteiger partial charge >= 0.3 is 5.97 Å². The van der Waals surface area contributed by atoms with Crippen molar-refractivity contribution in [1.29, 1.82) is 0 Å². The van der Waals surface area contributed by atoms with E-state index in [0.29, 0.717) is 19.7 Å². The van der Waals surface area contributed by atoms with Crippen molar-refractivity contribution in [2.45, 2.75) is 33.6 Å². The number of hydrogen-bond acceptors (Lipinski definition) is 4. The fourth-order valence-electron chi connectivity index (χ4n) is 3.61. The molecule has 3 rings (SSSR count). The Hall–Kier alpha value is -2.89. The highest BCUT2D eigenvalue weighted by Gasteiger charge is 2.28. The summed E-state index contributed by atoms with van der Waals surface area (Å²) < 4.78 is 7.00. The Morgan fingerprint density at radius 3 is 2.71 bits per heavy atom. The number of aryl methyl sites for hydroxylation is 1. The normalized spacial score (nSPS) is 17.1. The second kappa shape index (κ2) is 8.87. The molecule has 2 heterocycles. The first-order valence-corrected chi connectivity index (χ1v) is 9.76. The van der Waals surface area contributed by atoms with Crippen LogP contribution in [0, 0.1) is 19.8 Å². The largest absolute Gasteiger partial charge is 0.466 e. The molecule has 0 spiro atoms. The fraction of sp³-hybridized carbons (Fsp3) is 0.409. The number of esters is 1. The molecule has 0 radical (unpaired) electrons. The van der Waals surface area contributed by atoms with Crippen molar-refractivity contribution in [2.75, 3.05) is 19.7 Å². The van der Waals surface area contributed by atoms with Gasteiger partial charge in [0.1, 0.15) is 0 Å². The molecule has 1 fully saturated rings. The van der Waals surface area contributed by atoms with Crippen molar-refractivity contribution in [3.05, 3.63) is 53.4 Å². The molecule has 1 aliphatic heterocycles. The van der Waals surface area contributed by atoms with Gasteiger partial charge in [0.2, 0.25) is 5.91 Å². The number of rotatable bonds is 5. The van der Waals surface area contributed by atoms with Crippen molar-refractivity contribution in [1.82, 2.24) is 14.7 Å². The zero-order valence-electron chi connectivity index (χ0n) is 16.7. The molecule has 148 valence electrons. The van der Waals surface area contributed by atoms with Crippen LogP contribution in [0.5, 0.6) is 0 Å². The second-order valence-electron chi connectivity index (χ2n) is 7.04. The lowest BCUT2D eigenvalue weighted by molar-refractivity contribution is -0.150. The van der Waals surface area contributed by atoms with Crippen molar-refractivity contribution < 1.29 is 14.3 Å². The molecule has 1 saturated heterocycles. The number of piperidine rings is 1. The van der Waals surface area contributed by atoms with E-state index in [1.165, 1.54) is 0 Å². The summed E-state index contributed by atoms with van der Waals surface area (Å²) >= 11 is 0. The van der Waals surface area contributed by atoms with E-state index in [1.807, 2.05) is 54.9 Å². The van der Waals surface area contributed by atoms with Crippen molar-refractivity contribution in [3.63, 3.8) is 0 Å². The van der Waals surface area contributed by atoms with E-state index in [-0.39, 0.29) is 17.8 Å². The lowest BCUT2D eigenvalue weighted by atomic mass is 9.98. The number of hydrogen-bond donors (Lipinski definition) is 0. The van der Waals surface area contributed by atoms with Crippen molar-refractivity contribution in [2.24, 2.45) is 5.92 Å². The second-order valence-corrected chi connectivity index (χ2v) is 7.04. The van der Waals surface area contributed by atoms with E-state index >= 15 is 0 Å². The van der Waals surface area contributed by atoms with Gasteiger partial charge in [-0.1, -0.05) is 18.2 Å². The molecule has 1 aromatic carbocycles. The Balaban J connectivity index is 1.72. The van der Waals surface area contributed by atoms with E-state index in [0.717, 1.165) is 35.5 Å². The predicted octanol–water partition coefficient (Wildman–Crippen LogP) is 3.30. The first kappa shape index (κ1) is 19.9. The van der Waals surface area contributed by atoms with Crippen LogP contribution in [0.3, 0.4) is 0 Å². The highest BCUT2D eigenvalue weighted by molar-refractivity contribution is 5.92. The number of ether oxygens (including phenoxy) is 1. The summed E-state index contributed by atoms with van der Waals surface area (Å²) in [6, 6.07) is 9.92. The Kier molecular flexibility index (Phi) is 6.29. The lowest BCUT2D eigenvalue weighted by Gasteiger charge is -2.30. The van der Waals surface area contributed by atoms with Crippen LogP contribution in [0.1, 0.15) is 36.7 Å². The summed E-state index contributed by atoms with van der Waals surface area (Å²) in [7, 11) is 0. The number of para-hydroxylation sites is 1. The monoisotopic (exact) mass is 381 g/mol. The quantitative estimate of drug-likeness (QED) is 0.589. The Labute approximate surface area is 165 Å². The standard InChI is InChI=1S/C22H27N3O3/c1-4-28-22(27)18-9-8-14-24(15-18)21(26)13-12-20-16(2)23-25(17(20)3)19-10-6-5-7-11-19/h5-7,10-13,18H,4,8-9,14-15H2,1-3H3/b13-12+. The molecule has 1 aromatic heterocycles. The van der Waals surface area contributed by atoms with Crippen LogP contribution in [0.4, 0.5) is 0 Å². The highest BCUT2D eigenvalue weighted by Crippen LogP contribution is 2.21. The zero-order valence-corrected chi connectivity index (χ0v) is 16.7. The summed E-state index contributed by atoms with van der Waals surface area (Å²) in [6.45, 7) is 7.19. The van der Waals surface area contributed by atoms with Gasteiger partial charge in [0, 0.05) is 30.4 Å². The number of carbonyl (C=O) groups is 2. The zero-order chi connectivity index (χ0) is 20.1. The van der Waals surface area contributed by atoms with E-state index in [9.17, 15) is 9.59 Å². The molecule has 1 amide bonds.